The number of ether oxygens (including phenoxy) is 1. The van der Waals surface area contributed by atoms with E-state index in [1.54, 1.807) is 5.57 Å². The fourth-order valence-electron chi connectivity index (χ4n) is 3.60. The third-order valence-corrected chi connectivity index (χ3v) is 4.75. The SMILES string of the molecule is CC(C)C(C)OC1=C2C3CC(C1)CC2C3. The standard InChI is InChI=1S/C14H22O/c1-8(2)9(3)15-13-6-10-4-11-7-12(5-10)14(11)13/h8-12H,4-7H2,1-3H3. The average Bonchev–Trinajstić information content (AvgIpc) is 2.16. The van der Waals surface area contributed by atoms with Gasteiger partial charge in [-0.2, -0.15) is 0 Å². The molecule has 3 unspecified atom stereocenters. The molecule has 0 aromatic rings. The van der Waals surface area contributed by atoms with E-state index in [2.05, 4.69) is 20.8 Å². The lowest BCUT2D eigenvalue weighted by Crippen LogP contribution is -2.43. The van der Waals surface area contributed by atoms with Gasteiger partial charge in [-0.1, -0.05) is 13.8 Å². The van der Waals surface area contributed by atoms with Crippen LogP contribution in [-0.2, 0) is 4.74 Å². The first-order chi connectivity index (χ1) is 7.15. The number of hydrogen-bond acceptors (Lipinski definition) is 1. The third-order valence-electron chi connectivity index (χ3n) is 4.75. The highest BCUT2D eigenvalue weighted by Gasteiger charge is 2.49. The second-order valence-corrected chi connectivity index (χ2v) is 6.12. The molecular formula is C14H22O. The highest BCUT2D eigenvalue weighted by atomic mass is 16.5. The van der Waals surface area contributed by atoms with E-state index < -0.39 is 0 Å². The minimum absolute atomic E-state index is 0.395. The first-order valence-electron chi connectivity index (χ1n) is 6.54. The lowest BCUT2D eigenvalue weighted by Gasteiger charge is -2.53. The van der Waals surface area contributed by atoms with Crippen molar-refractivity contribution in [3.05, 3.63) is 11.3 Å². The zero-order valence-corrected chi connectivity index (χ0v) is 10.1. The van der Waals surface area contributed by atoms with Gasteiger partial charge in [-0.3, -0.25) is 0 Å². The number of rotatable bonds is 3. The summed E-state index contributed by atoms with van der Waals surface area (Å²) in [6.07, 6.45) is 6.05. The lowest BCUT2D eigenvalue weighted by molar-refractivity contribution is 0.0262. The second kappa shape index (κ2) is 3.26. The van der Waals surface area contributed by atoms with Gasteiger partial charge in [0.15, 0.2) is 0 Å². The van der Waals surface area contributed by atoms with E-state index in [1.807, 2.05) is 0 Å². The summed E-state index contributed by atoms with van der Waals surface area (Å²) in [5, 5.41) is 0. The molecule has 0 N–H and O–H groups in total. The van der Waals surface area contributed by atoms with Crippen molar-refractivity contribution in [1.29, 1.82) is 0 Å². The van der Waals surface area contributed by atoms with Crippen LogP contribution in [0.15, 0.2) is 11.3 Å². The summed E-state index contributed by atoms with van der Waals surface area (Å²) in [5.74, 6) is 4.85. The number of hydrogen-bond donors (Lipinski definition) is 0. The second-order valence-electron chi connectivity index (χ2n) is 6.12. The van der Waals surface area contributed by atoms with Crippen molar-refractivity contribution < 1.29 is 4.74 Å². The minimum atomic E-state index is 0.395. The molecule has 84 valence electrons. The summed E-state index contributed by atoms with van der Waals surface area (Å²) >= 11 is 0. The summed E-state index contributed by atoms with van der Waals surface area (Å²) < 4.78 is 6.17. The minimum Gasteiger partial charge on any atom is -0.495 e. The van der Waals surface area contributed by atoms with Crippen LogP contribution in [0.4, 0.5) is 0 Å². The van der Waals surface area contributed by atoms with Crippen LogP contribution in [0.3, 0.4) is 0 Å². The van der Waals surface area contributed by atoms with Gasteiger partial charge in [-0.25, -0.2) is 0 Å². The van der Waals surface area contributed by atoms with Crippen molar-refractivity contribution in [1.82, 2.24) is 0 Å². The summed E-state index contributed by atoms with van der Waals surface area (Å²) in [7, 11) is 0. The van der Waals surface area contributed by atoms with E-state index in [0.29, 0.717) is 12.0 Å². The van der Waals surface area contributed by atoms with Crippen LogP contribution < -0.4 is 0 Å². The molecule has 0 aromatic carbocycles. The molecule has 4 bridgehead atoms. The molecule has 1 heteroatoms. The fraction of sp³-hybridized carbons (Fsp3) is 0.857. The molecule has 0 aromatic heterocycles. The molecule has 0 aliphatic heterocycles. The molecule has 5 aliphatic carbocycles. The van der Waals surface area contributed by atoms with Crippen molar-refractivity contribution >= 4 is 0 Å². The van der Waals surface area contributed by atoms with Crippen LogP contribution in [0.5, 0.6) is 0 Å². The Bertz CT molecular complexity index is 288. The Morgan fingerprint density at radius 2 is 1.73 bits per heavy atom. The molecule has 0 amide bonds. The lowest BCUT2D eigenvalue weighted by atomic mass is 9.53. The normalized spacial score (nSPS) is 39.3. The molecule has 0 saturated heterocycles. The Kier molecular flexibility index (Phi) is 2.12. The molecular weight excluding hydrogens is 184 g/mol. The monoisotopic (exact) mass is 206 g/mol. The van der Waals surface area contributed by atoms with Gasteiger partial charge in [0.25, 0.3) is 0 Å². The summed E-state index contributed by atoms with van der Waals surface area (Å²) in [6, 6.07) is 0. The van der Waals surface area contributed by atoms with Crippen molar-refractivity contribution in [3.63, 3.8) is 0 Å². The van der Waals surface area contributed by atoms with Crippen molar-refractivity contribution in [3.8, 4) is 0 Å². The Balaban J connectivity index is 1.77. The van der Waals surface area contributed by atoms with Gasteiger partial charge < -0.3 is 4.74 Å². The van der Waals surface area contributed by atoms with E-state index in [1.165, 1.54) is 31.4 Å². The quantitative estimate of drug-likeness (QED) is 0.683. The molecule has 5 aliphatic rings. The van der Waals surface area contributed by atoms with Gasteiger partial charge in [0.1, 0.15) is 0 Å². The predicted molar refractivity (Wildman–Crippen MR) is 61.3 cm³/mol. The van der Waals surface area contributed by atoms with Gasteiger partial charge in [-0.15, -0.1) is 0 Å². The fourth-order valence-corrected chi connectivity index (χ4v) is 3.60. The molecule has 3 fully saturated rings. The average molecular weight is 206 g/mol. The Hall–Kier alpha value is -0.460. The van der Waals surface area contributed by atoms with Crippen molar-refractivity contribution in [2.45, 2.75) is 52.6 Å². The molecule has 3 saturated carbocycles. The molecule has 5 rings (SSSR count). The Labute approximate surface area is 92.9 Å². The Morgan fingerprint density at radius 3 is 2.27 bits per heavy atom. The summed E-state index contributed by atoms with van der Waals surface area (Å²) in [6.45, 7) is 6.71. The van der Waals surface area contributed by atoms with E-state index in [9.17, 15) is 0 Å². The molecule has 3 atom stereocenters. The van der Waals surface area contributed by atoms with E-state index in [0.717, 1.165) is 17.8 Å². The molecule has 1 nitrogen and oxygen atoms in total. The summed E-state index contributed by atoms with van der Waals surface area (Å²) in [4.78, 5) is 0. The smallest absolute Gasteiger partial charge is 0.0977 e. The van der Waals surface area contributed by atoms with Crippen LogP contribution >= 0.6 is 0 Å². The largest absolute Gasteiger partial charge is 0.495 e. The van der Waals surface area contributed by atoms with E-state index in [-0.39, 0.29) is 0 Å². The highest BCUT2D eigenvalue weighted by Crippen LogP contribution is 2.59. The van der Waals surface area contributed by atoms with E-state index in [4.69, 9.17) is 4.74 Å². The number of fused-ring (bicyclic) bond motifs is 1. The predicted octanol–water partition coefficient (Wildman–Crippen LogP) is 3.75. The topological polar surface area (TPSA) is 9.23 Å². The van der Waals surface area contributed by atoms with Crippen LogP contribution in [0.2, 0.25) is 0 Å². The maximum atomic E-state index is 6.17. The maximum Gasteiger partial charge on any atom is 0.0977 e. The molecule has 15 heavy (non-hydrogen) atoms. The molecule has 0 radical (unpaired) electrons. The van der Waals surface area contributed by atoms with Crippen LogP contribution in [0.25, 0.3) is 0 Å². The first kappa shape index (κ1) is 9.74. The van der Waals surface area contributed by atoms with E-state index >= 15 is 0 Å². The van der Waals surface area contributed by atoms with Gasteiger partial charge in [0, 0.05) is 6.42 Å². The van der Waals surface area contributed by atoms with Gasteiger partial charge in [0.05, 0.1) is 11.9 Å². The molecule has 0 spiro atoms. The van der Waals surface area contributed by atoms with Gasteiger partial charge >= 0.3 is 0 Å². The van der Waals surface area contributed by atoms with Crippen LogP contribution in [-0.4, -0.2) is 6.10 Å². The maximum absolute atomic E-state index is 6.17. The van der Waals surface area contributed by atoms with Crippen molar-refractivity contribution in [2.75, 3.05) is 0 Å². The highest BCUT2D eigenvalue weighted by molar-refractivity contribution is 5.31. The first-order valence-corrected chi connectivity index (χ1v) is 6.54. The Morgan fingerprint density at radius 1 is 1.07 bits per heavy atom. The number of allylic oxidation sites excluding steroid dienone is 2. The van der Waals surface area contributed by atoms with Crippen molar-refractivity contribution in [2.24, 2.45) is 23.7 Å². The zero-order valence-electron chi connectivity index (χ0n) is 10.1. The molecule has 0 heterocycles. The van der Waals surface area contributed by atoms with Gasteiger partial charge in [0.2, 0.25) is 0 Å². The van der Waals surface area contributed by atoms with Crippen LogP contribution in [0.1, 0.15) is 46.5 Å². The summed E-state index contributed by atoms with van der Waals surface area (Å²) in [5.41, 5.74) is 1.73. The van der Waals surface area contributed by atoms with Gasteiger partial charge in [-0.05, 0) is 55.4 Å². The van der Waals surface area contributed by atoms with Crippen LogP contribution in [0, 0.1) is 23.7 Å². The third kappa shape index (κ3) is 1.43. The zero-order chi connectivity index (χ0) is 10.6.